The summed E-state index contributed by atoms with van der Waals surface area (Å²) < 4.78 is 0. The van der Waals surface area contributed by atoms with Gasteiger partial charge in [-0.25, -0.2) is 0 Å². The molecular weight excluding hydrogens is 262 g/mol. The van der Waals surface area contributed by atoms with Crippen LogP contribution in [0.1, 0.15) is 50.6 Å². The van der Waals surface area contributed by atoms with Gasteiger partial charge in [0, 0.05) is 25.0 Å². The van der Waals surface area contributed by atoms with Crippen molar-refractivity contribution < 1.29 is 4.79 Å². The number of amides is 1. The molecular formula is C17H27N3O. The molecule has 1 aliphatic heterocycles. The van der Waals surface area contributed by atoms with Crippen LogP contribution in [-0.2, 0) is 11.3 Å². The molecule has 3 rings (SSSR count). The lowest BCUT2D eigenvalue weighted by atomic mass is 9.89. The van der Waals surface area contributed by atoms with Gasteiger partial charge in [0.15, 0.2) is 0 Å². The monoisotopic (exact) mass is 289 g/mol. The lowest BCUT2D eigenvalue weighted by molar-refractivity contribution is -0.125. The minimum absolute atomic E-state index is 0.0666. The van der Waals surface area contributed by atoms with Crippen molar-refractivity contribution >= 4 is 5.91 Å². The van der Waals surface area contributed by atoms with Crippen LogP contribution in [0.3, 0.4) is 0 Å². The molecule has 116 valence electrons. The summed E-state index contributed by atoms with van der Waals surface area (Å²) in [5, 5.41) is 3.21. The Balaban J connectivity index is 1.48. The smallest absolute Gasteiger partial charge is 0.237 e. The number of carbonyl (C=O) groups is 1. The Morgan fingerprint density at radius 1 is 1.24 bits per heavy atom. The third-order valence-corrected chi connectivity index (χ3v) is 4.99. The summed E-state index contributed by atoms with van der Waals surface area (Å²) in [6, 6.07) is 4.18. The summed E-state index contributed by atoms with van der Waals surface area (Å²) in [7, 11) is 0. The third kappa shape index (κ3) is 3.88. The first kappa shape index (κ1) is 14.6. The topological polar surface area (TPSA) is 48.1 Å². The summed E-state index contributed by atoms with van der Waals surface area (Å²) in [5.74, 6) is 0.950. The largest absolute Gasteiger partial charge is 0.364 e. The Morgan fingerprint density at radius 3 is 2.86 bits per heavy atom. The van der Waals surface area contributed by atoms with E-state index < -0.39 is 0 Å². The zero-order chi connectivity index (χ0) is 14.5. The fraction of sp³-hybridized carbons (Fsp3) is 0.706. The van der Waals surface area contributed by atoms with Gasteiger partial charge in [0.25, 0.3) is 0 Å². The van der Waals surface area contributed by atoms with Gasteiger partial charge in [-0.05, 0) is 50.3 Å². The summed E-state index contributed by atoms with van der Waals surface area (Å²) in [6.07, 6.45) is 10.7. The fourth-order valence-electron chi connectivity index (χ4n) is 3.75. The predicted molar refractivity (Wildman–Crippen MR) is 83.8 cm³/mol. The van der Waals surface area contributed by atoms with E-state index in [0.29, 0.717) is 5.92 Å². The van der Waals surface area contributed by atoms with Gasteiger partial charge in [0.2, 0.25) is 5.91 Å². The predicted octanol–water partition coefficient (Wildman–Crippen LogP) is 2.68. The molecule has 0 spiro atoms. The fourth-order valence-corrected chi connectivity index (χ4v) is 3.75. The normalized spacial score (nSPS) is 24.3. The molecule has 1 aromatic heterocycles. The van der Waals surface area contributed by atoms with Crippen molar-refractivity contribution in [3.63, 3.8) is 0 Å². The van der Waals surface area contributed by atoms with Crippen LogP contribution in [0.25, 0.3) is 0 Å². The molecule has 2 N–H and O–H groups in total. The number of rotatable bonds is 5. The van der Waals surface area contributed by atoms with Crippen LogP contribution in [0, 0.1) is 5.92 Å². The molecule has 21 heavy (non-hydrogen) atoms. The number of hydrogen-bond donors (Lipinski definition) is 2. The van der Waals surface area contributed by atoms with E-state index in [1.165, 1.54) is 37.8 Å². The van der Waals surface area contributed by atoms with Crippen LogP contribution in [0.2, 0.25) is 0 Å². The average Bonchev–Trinajstić information content (AvgIpc) is 3.18. The van der Waals surface area contributed by atoms with Crippen LogP contribution in [0.5, 0.6) is 0 Å². The molecule has 4 nitrogen and oxygen atoms in total. The summed E-state index contributed by atoms with van der Waals surface area (Å²) in [6.45, 7) is 2.76. The minimum Gasteiger partial charge on any atom is -0.364 e. The summed E-state index contributed by atoms with van der Waals surface area (Å²) in [4.78, 5) is 18.0. The Kier molecular flexibility index (Phi) is 4.96. The van der Waals surface area contributed by atoms with E-state index in [4.69, 9.17) is 0 Å². The maximum Gasteiger partial charge on any atom is 0.237 e. The molecule has 2 aliphatic rings. The maximum atomic E-state index is 12.5. The van der Waals surface area contributed by atoms with Gasteiger partial charge in [0.05, 0.1) is 6.04 Å². The van der Waals surface area contributed by atoms with Gasteiger partial charge in [-0.15, -0.1) is 0 Å². The van der Waals surface area contributed by atoms with Crippen LogP contribution >= 0.6 is 0 Å². The molecule has 2 fully saturated rings. The van der Waals surface area contributed by atoms with Crippen molar-refractivity contribution in [3.8, 4) is 0 Å². The number of hydrogen-bond acceptors (Lipinski definition) is 2. The second-order valence-corrected chi connectivity index (χ2v) is 6.57. The molecule has 1 saturated carbocycles. The molecule has 2 heterocycles. The molecule has 1 atom stereocenters. The van der Waals surface area contributed by atoms with E-state index in [1.54, 1.807) is 0 Å². The highest BCUT2D eigenvalue weighted by Crippen LogP contribution is 2.23. The third-order valence-electron chi connectivity index (χ3n) is 4.99. The molecule has 1 amide bonds. The maximum absolute atomic E-state index is 12.5. The number of H-pyrrole nitrogens is 1. The second-order valence-electron chi connectivity index (χ2n) is 6.57. The first-order valence-corrected chi connectivity index (χ1v) is 8.47. The van der Waals surface area contributed by atoms with E-state index in [9.17, 15) is 4.79 Å². The van der Waals surface area contributed by atoms with E-state index >= 15 is 0 Å². The zero-order valence-corrected chi connectivity index (χ0v) is 12.8. The van der Waals surface area contributed by atoms with Crippen molar-refractivity contribution in [3.05, 3.63) is 24.0 Å². The van der Waals surface area contributed by atoms with Gasteiger partial charge < -0.3 is 10.3 Å². The van der Waals surface area contributed by atoms with Crippen LogP contribution in [0.4, 0.5) is 0 Å². The van der Waals surface area contributed by atoms with Gasteiger partial charge in [-0.1, -0.05) is 19.3 Å². The lowest BCUT2D eigenvalue weighted by Crippen LogP contribution is -2.44. The van der Waals surface area contributed by atoms with Crippen molar-refractivity contribution in [2.24, 2.45) is 5.92 Å². The number of aromatic amines is 1. The molecule has 0 radical (unpaired) electrons. The Labute approximate surface area is 127 Å². The molecule has 0 bridgehead atoms. The van der Waals surface area contributed by atoms with E-state index in [1.807, 2.05) is 12.3 Å². The molecule has 0 aromatic carbocycles. The number of carbonyl (C=O) groups excluding carboxylic acids is 1. The van der Waals surface area contributed by atoms with Gasteiger partial charge in [-0.3, -0.25) is 9.69 Å². The molecule has 1 aromatic rings. The molecule has 1 aliphatic carbocycles. The minimum atomic E-state index is 0.0666. The van der Waals surface area contributed by atoms with E-state index in [0.717, 1.165) is 32.5 Å². The van der Waals surface area contributed by atoms with Crippen LogP contribution in [0.15, 0.2) is 18.3 Å². The van der Waals surface area contributed by atoms with Crippen LogP contribution < -0.4 is 5.32 Å². The van der Waals surface area contributed by atoms with Crippen molar-refractivity contribution in [1.82, 2.24) is 15.2 Å². The average molecular weight is 289 g/mol. The highest BCUT2D eigenvalue weighted by molar-refractivity contribution is 5.82. The number of nitrogens with zero attached hydrogens (tertiary/aromatic N) is 1. The standard InChI is InChI=1S/C17H27N3O/c21-17(19-12-14-6-2-1-3-7-14)16-9-5-11-20(16)13-15-8-4-10-18-15/h4,8,10,14,16,18H,1-3,5-7,9,11-13H2,(H,19,21)/t16-/m1/s1. The lowest BCUT2D eigenvalue weighted by Gasteiger charge is -2.26. The Morgan fingerprint density at radius 2 is 2.10 bits per heavy atom. The van der Waals surface area contributed by atoms with Gasteiger partial charge in [-0.2, -0.15) is 0 Å². The van der Waals surface area contributed by atoms with E-state index in [2.05, 4.69) is 21.3 Å². The van der Waals surface area contributed by atoms with Crippen molar-refractivity contribution in [1.29, 1.82) is 0 Å². The van der Waals surface area contributed by atoms with Gasteiger partial charge in [0.1, 0.15) is 0 Å². The second kappa shape index (κ2) is 7.12. The summed E-state index contributed by atoms with van der Waals surface area (Å²) >= 11 is 0. The highest BCUT2D eigenvalue weighted by atomic mass is 16.2. The number of likely N-dealkylation sites (tertiary alicyclic amines) is 1. The number of aromatic nitrogens is 1. The highest BCUT2D eigenvalue weighted by Gasteiger charge is 2.30. The molecule has 0 unspecified atom stereocenters. The van der Waals surface area contributed by atoms with Gasteiger partial charge >= 0.3 is 0 Å². The van der Waals surface area contributed by atoms with E-state index in [-0.39, 0.29) is 11.9 Å². The van der Waals surface area contributed by atoms with Crippen molar-refractivity contribution in [2.45, 2.75) is 57.5 Å². The Hall–Kier alpha value is -1.29. The zero-order valence-electron chi connectivity index (χ0n) is 12.8. The first-order chi connectivity index (χ1) is 10.3. The molecule has 4 heteroatoms. The first-order valence-electron chi connectivity index (χ1n) is 8.47. The Bertz CT molecular complexity index is 437. The molecule has 1 saturated heterocycles. The SMILES string of the molecule is O=C(NCC1CCCCC1)[C@H]1CCCN1Cc1ccc[nH]1. The van der Waals surface area contributed by atoms with Crippen LogP contribution in [-0.4, -0.2) is 34.9 Å². The quantitative estimate of drug-likeness (QED) is 0.875. The number of nitrogens with one attached hydrogen (secondary N) is 2. The summed E-state index contributed by atoms with van der Waals surface area (Å²) in [5.41, 5.74) is 1.20. The van der Waals surface area contributed by atoms with Crippen molar-refractivity contribution in [2.75, 3.05) is 13.1 Å².